The van der Waals surface area contributed by atoms with Crippen molar-refractivity contribution in [1.29, 1.82) is 0 Å². The molecular formula is C28H42O4. The molecule has 0 aliphatic carbocycles. The van der Waals surface area contributed by atoms with Gasteiger partial charge in [0.05, 0.1) is 13.2 Å². The third-order valence-corrected chi connectivity index (χ3v) is 6.85. The molecule has 2 N–H and O–H groups in total. The third kappa shape index (κ3) is 4.97. The predicted molar refractivity (Wildman–Crippen MR) is 132 cm³/mol. The summed E-state index contributed by atoms with van der Waals surface area (Å²) in [5, 5.41) is 18.4. The van der Waals surface area contributed by atoms with Gasteiger partial charge < -0.3 is 19.7 Å². The Morgan fingerprint density at radius 3 is 1.31 bits per heavy atom. The maximum atomic E-state index is 9.20. The molecule has 0 saturated carbocycles. The molecule has 1 unspecified atom stereocenters. The fourth-order valence-corrected chi connectivity index (χ4v) is 5.42. The highest BCUT2D eigenvalue weighted by molar-refractivity contribution is 5.53. The minimum Gasteiger partial charge on any atom is -0.491 e. The van der Waals surface area contributed by atoms with Gasteiger partial charge in [-0.15, -0.1) is 0 Å². The smallest absolute Gasteiger partial charge is 0.125 e. The van der Waals surface area contributed by atoms with E-state index in [9.17, 15) is 10.2 Å². The van der Waals surface area contributed by atoms with Crippen molar-refractivity contribution >= 4 is 0 Å². The van der Waals surface area contributed by atoms with Gasteiger partial charge in [0.15, 0.2) is 0 Å². The molecule has 0 aliphatic rings. The largest absolute Gasteiger partial charge is 0.491 e. The van der Waals surface area contributed by atoms with E-state index in [1.165, 1.54) is 11.1 Å². The Balaban J connectivity index is 2.77. The van der Waals surface area contributed by atoms with Gasteiger partial charge in [-0.2, -0.15) is 0 Å². The first kappa shape index (κ1) is 26.2. The summed E-state index contributed by atoms with van der Waals surface area (Å²) in [4.78, 5) is 0. The number of aliphatic hydroxyl groups is 2. The Morgan fingerprint density at radius 1 is 0.719 bits per heavy atom. The average Bonchev–Trinajstić information content (AvgIpc) is 2.72. The second-order valence-electron chi connectivity index (χ2n) is 9.36. The van der Waals surface area contributed by atoms with Crippen molar-refractivity contribution in [1.82, 2.24) is 0 Å². The number of hydrogen-bond acceptors (Lipinski definition) is 4. The average molecular weight is 443 g/mol. The van der Waals surface area contributed by atoms with Crippen LogP contribution < -0.4 is 9.47 Å². The predicted octanol–water partition coefficient (Wildman–Crippen LogP) is 5.65. The second kappa shape index (κ2) is 11.2. The molecule has 0 spiro atoms. The molecule has 0 bridgehead atoms. The number of aliphatic hydroxyl groups excluding tert-OH is 2. The van der Waals surface area contributed by atoms with Crippen LogP contribution in [0, 0.1) is 39.5 Å². The van der Waals surface area contributed by atoms with Crippen molar-refractivity contribution in [3.05, 3.63) is 57.6 Å². The molecule has 32 heavy (non-hydrogen) atoms. The number of aryl methyl sites for hydroxylation is 4. The van der Waals surface area contributed by atoms with Crippen LogP contribution in [-0.4, -0.2) is 36.6 Å². The zero-order valence-electron chi connectivity index (χ0n) is 21.2. The fraction of sp³-hybridized carbons (Fsp3) is 0.571. The molecule has 2 aromatic carbocycles. The van der Waals surface area contributed by atoms with Crippen molar-refractivity contribution in [3.63, 3.8) is 0 Å². The third-order valence-electron chi connectivity index (χ3n) is 6.85. The van der Waals surface area contributed by atoms with Crippen LogP contribution in [0.3, 0.4) is 0 Å². The molecule has 0 amide bonds. The Morgan fingerprint density at radius 2 is 1.06 bits per heavy atom. The number of ether oxygens (including phenoxy) is 2. The van der Waals surface area contributed by atoms with Crippen molar-refractivity contribution in [2.24, 2.45) is 11.8 Å². The van der Waals surface area contributed by atoms with Gasteiger partial charge in [0.1, 0.15) is 24.7 Å². The summed E-state index contributed by atoms with van der Waals surface area (Å²) < 4.78 is 11.7. The number of hydrogen-bond donors (Lipinski definition) is 2. The van der Waals surface area contributed by atoms with E-state index in [0.29, 0.717) is 25.0 Å². The Bertz CT molecular complexity index is 791. The lowest BCUT2D eigenvalue weighted by Gasteiger charge is -2.45. The monoisotopic (exact) mass is 442 g/mol. The Hall–Kier alpha value is -2.04. The molecule has 4 heteroatoms. The lowest BCUT2D eigenvalue weighted by atomic mass is 9.59. The molecule has 0 aliphatic heterocycles. The minimum atomic E-state index is -0.176. The summed E-state index contributed by atoms with van der Waals surface area (Å²) in [5.74, 6) is 2.51. The van der Waals surface area contributed by atoms with Crippen molar-refractivity contribution in [2.45, 2.75) is 67.2 Å². The molecule has 1 atom stereocenters. The van der Waals surface area contributed by atoms with Crippen LogP contribution in [0.25, 0.3) is 0 Å². The van der Waals surface area contributed by atoms with Crippen molar-refractivity contribution < 1.29 is 19.7 Å². The van der Waals surface area contributed by atoms with Gasteiger partial charge in [-0.25, -0.2) is 0 Å². The molecule has 0 fully saturated rings. The van der Waals surface area contributed by atoms with E-state index >= 15 is 0 Å². The highest BCUT2D eigenvalue weighted by Gasteiger charge is 2.42. The summed E-state index contributed by atoms with van der Waals surface area (Å²) in [6.07, 6.45) is 1.06. The summed E-state index contributed by atoms with van der Waals surface area (Å²) >= 11 is 0. The Labute approximate surface area is 194 Å². The van der Waals surface area contributed by atoms with Gasteiger partial charge in [0.25, 0.3) is 0 Å². The molecule has 4 nitrogen and oxygen atoms in total. The molecule has 0 radical (unpaired) electrons. The second-order valence-corrected chi connectivity index (χ2v) is 9.36. The van der Waals surface area contributed by atoms with Gasteiger partial charge in [0.2, 0.25) is 0 Å². The van der Waals surface area contributed by atoms with Crippen LogP contribution in [0.15, 0.2) is 24.3 Å². The van der Waals surface area contributed by atoms with Crippen LogP contribution in [0.4, 0.5) is 0 Å². The van der Waals surface area contributed by atoms with E-state index in [-0.39, 0.29) is 18.6 Å². The Kier molecular flexibility index (Phi) is 9.18. The van der Waals surface area contributed by atoms with Crippen molar-refractivity contribution in [2.75, 3.05) is 26.4 Å². The maximum Gasteiger partial charge on any atom is 0.125 e. The molecule has 2 rings (SSSR count). The fourth-order valence-electron chi connectivity index (χ4n) is 5.42. The van der Waals surface area contributed by atoms with Gasteiger partial charge in [0, 0.05) is 5.41 Å². The highest BCUT2D eigenvalue weighted by atomic mass is 16.5. The summed E-state index contributed by atoms with van der Waals surface area (Å²) in [5.41, 5.74) is 6.81. The minimum absolute atomic E-state index is 0.00663. The van der Waals surface area contributed by atoms with E-state index in [1.54, 1.807) is 0 Å². The molecule has 2 aromatic rings. The van der Waals surface area contributed by atoms with Crippen LogP contribution >= 0.6 is 0 Å². The van der Waals surface area contributed by atoms with E-state index in [1.807, 2.05) is 0 Å². The summed E-state index contributed by atoms with van der Waals surface area (Å²) in [6.45, 7) is 18.2. The van der Waals surface area contributed by atoms with Crippen LogP contribution in [0.5, 0.6) is 11.5 Å². The van der Waals surface area contributed by atoms with E-state index in [0.717, 1.165) is 40.2 Å². The van der Waals surface area contributed by atoms with Gasteiger partial charge in [-0.05, 0) is 72.9 Å². The molecule has 0 heterocycles. The lowest BCUT2D eigenvalue weighted by molar-refractivity contribution is 0.199. The standard InChI is InChI=1S/C28H42O4/c1-9-23(8)28(18(2)3,24-14-19(4)26(20(5)15-24)31-12-10-29)25-16-21(6)27(22(7)17-25)32-13-11-30/h14-18,23,29-30H,9-13H2,1-8H3. The van der Waals surface area contributed by atoms with Crippen LogP contribution in [-0.2, 0) is 5.41 Å². The van der Waals surface area contributed by atoms with Crippen LogP contribution in [0.2, 0.25) is 0 Å². The number of rotatable bonds is 11. The zero-order chi connectivity index (χ0) is 24.1. The number of benzene rings is 2. The van der Waals surface area contributed by atoms with Crippen molar-refractivity contribution in [3.8, 4) is 11.5 Å². The lowest BCUT2D eigenvalue weighted by Crippen LogP contribution is -2.40. The first-order chi connectivity index (χ1) is 15.1. The zero-order valence-corrected chi connectivity index (χ0v) is 21.2. The van der Waals surface area contributed by atoms with E-state index < -0.39 is 0 Å². The summed E-state index contributed by atoms with van der Waals surface area (Å²) in [6, 6.07) is 9.08. The normalized spacial score (nSPS) is 12.8. The topological polar surface area (TPSA) is 58.9 Å². The van der Waals surface area contributed by atoms with E-state index in [4.69, 9.17) is 9.47 Å². The van der Waals surface area contributed by atoms with Gasteiger partial charge in [-0.1, -0.05) is 58.4 Å². The van der Waals surface area contributed by atoms with Gasteiger partial charge in [-0.3, -0.25) is 0 Å². The molecule has 0 saturated heterocycles. The van der Waals surface area contributed by atoms with Gasteiger partial charge >= 0.3 is 0 Å². The molecular weight excluding hydrogens is 400 g/mol. The first-order valence-electron chi connectivity index (χ1n) is 11.9. The SMILES string of the molecule is CCC(C)C(c1cc(C)c(OCCO)c(C)c1)(c1cc(C)c(OCCO)c(C)c1)C(C)C. The molecule has 0 aromatic heterocycles. The quantitative estimate of drug-likeness (QED) is 0.472. The van der Waals surface area contributed by atoms with E-state index in [2.05, 4.69) is 79.7 Å². The molecule has 178 valence electrons. The maximum absolute atomic E-state index is 9.20. The van der Waals surface area contributed by atoms with Crippen LogP contribution in [0.1, 0.15) is 67.5 Å². The summed E-state index contributed by atoms with van der Waals surface area (Å²) in [7, 11) is 0. The first-order valence-corrected chi connectivity index (χ1v) is 11.9. The highest BCUT2D eigenvalue weighted by Crippen LogP contribution is 2.49.